The summed E-state index contributed by atoms with van der Waals surface area (Å²) in [5, 5.41) is 15.6. The molecule has 5 N–H and O–H groups in total. The number of carbonyl (C=O) groups excluding carboxylic acids is 5. The summed E-state index contributed by atoms with van der Waals surface area (Å²) in [6.45, 7) is 13.5. The van der Waals surface area contributed by atoms with Gasteiger partial charge in [0.15, 0.2) is 0 Å². The number of alkyl carbamates (subject to hydrolysis) is 1. The summed E-state index contributed by atoms with van der Waals surface area (Å²) in [5.74, 6) is -2.96. The Hall–Kier alpha value is -4.61. The second-order valence-corrected chi connectivity index (χ2v) is 13.3. The predicted molar refractivity (Wildman–Crippen MR) is 172 cm³/mol. The number of benzene rings is 2. The molecule has 0 aromatic heterocycles. The van der Waals surface area contributed by atoms with Gasteiger partial charge in [-0.15, -0.1) is 0 Å². The van der Waals surface area contributed by atoms with Gasteiger partial charge in [0.05, 0.1) is 0 Å². The molecule has 0 fully saturated rings. The molecule has 0 bridgehead atoms. The normalized spacial score (nSPS) is 13.6. The van der Waals surface area contributed by atoms with E-state index in [1.807, 2.05) is 30.3 Å². The number of hydrogen-bond acceptors (Lipinski definition) is 8. The summed E-state index contributed by atoms with van der Waals surface area (Å²) in [7, 11) is 0. The highest BCUT2D eigenvalue weighted by Gasteiger charge is 2.39. The lowest BCUT2D eigenvalue weighted by atomic mass is 9.98. The molecule has 0 spiro atoms. The molecule has 12 heteroatoms. The van der Waals surface area contributed by atoms with Gasteiger partial charge in [-0.3, -0.25) is 14.4 Å². The van der Waals surface area contributed by atoms with Crippen LogP contribution in [0.1, 0.15) is 85.4 Å². The molecule has 4 amide bonds. The molecule has 0 aliphatic carbocycles. The second-order valence-electron chi connectivity index (χ2n) is 13.3. The van der Waals surface area contributed by atoms with Gasteiger partial charge in [0.1, 0.15) is 35.1 Å². The van der Waals surface area contributed by atoms with Crippen molar-refractivity contribution >= 4 is 29.8 Å². The number of nitrogens with zero attached hydrogens (tertiary/aromatic N) is 1. The number of nitrogens with two attached hydrogens (primary N) is 1. The molecule has 0 radical (unpaired) electrons. The van der Waals surface area contributed by atoms with Crippen molar-refractivity contribution in [2.45, 2.75) is 110 Å². The minimum Gasteiger partial charge on any atom is -0.508 e. The third kappa shape index (κ3) is 12.4. The quantitative estimate of drug-likeness (QED) is 0.238. The van der Waals surface area contributed by atoms with Crippen LogP contribution >= 0.6 is 0 Å². The van der Waals surface area contributed by atoms with Gasteiger partial charge in [0.2, 0.25) is 17.7 Å². The summed E-state index contributed by atoms with van der Waals surface area (Å²) in [6, 6.07) is 10.4. The average molecular weight is 641 g/mol. The fourth-order valence-electron chi connectivity index (χ4n) is 4.65. The molecule has 0 saturated carbocycles. The van der Waals surface area contributed by atoms with Gasteiger partial charge >= 0.3 is 12.1 Å². The molecule has 3 atom stereocenters. The fourth-order valence-corrected chi connectivity index (χ4v) is 4.65. The van der Waals surface area contributed by atoms with E-state index in [1.165, 1.54) is 23.1 Å². The van der Waals surface area contributed by atoms with Crippen LogP contribution in [0.4, 0.5) is 4.79 Å². The molecule has 2 aromatic carbocycles. The molecular formula is C34H48N4O8. The summed E-state index contributed by atoms with van der Waals surface area (Å²) < 4.78 is 11.0. The van der Waals surface area contributed by atoms with E-state index >= 15 is 0 Å². The van der Waals surface area contributed by atoms with E-state index < -0.39 is 65.2 Å². The van der Waals surface area contributed by atoms with Crippen molar-refractivity contribution in [3.63, 3.8) is 0 Å². The number of nitrogens with one attached hydrogen (secondary N) is 2. The summed E-state index contributed by atoms with van der Waals surface area (Å²) in [4.78, 5) is 67.6. The van der Waals surface area contributed by atoms with Crippen LogP contribution in [0.2, 0.25) is 0 Å². The van der Waals surface area contributed by atoms with Gasteiger partial charge in [-0.25, -0.2) is 9.59 Å². The van der Waals surface area contributed by atoms with Gasteiger partial charge in [-0.05, 0) is 85.1 Å². The lowest BCUT2D eigenvalue weighted by Gasteiger charge is -2.37. The maximum absolute atomic E-state index is 14.3. The van der Waals surface area contributed by atoms with Crippen LogP contribution in [0.25, 0.3) is 0 Å². The van der Waals surface area contributed by atoms with Crippen LogP contribution < -0.4 is 16.4 Å². The molecule has 0 aliphatic rings. The number of phenols is 1. The van der Waals surface area contributed by atoms with Gasteiger partial charge in [0.25, 0.3) is 0 Å². The highest BCUT2D eigenvalue weighted by atomic mass is 16.6. The van der Waals surface area contributed by atoms with Crippen molar-refractivity contribution in [3.05, 3.63) is 65.7 Å². The van der Waals surface area contributed by atoms with E-state index in [2.05, 4.69) is 10.6 Å². The number of primary amides is 1. The Morgan fingerprint density at radius 2 is 1.46 bits per heavy atom. The lowest BCUT2D eigenvalue weighted by molar-refractivity contribution is -0.159. The van der Waals surface area contributed by atoms with E-state index in [9.17, 15) is 29.1 Å². The minimum atomic E-state index is -1.38. The third-order valence-corrected chi connectivity index (χ3v) is 6.48. The molecule has 3 unspecified atom stereocenters. The maximum atomic E-state index is 14.3. The lowest BCUT2D eigenvalue weighted by Crippen LogP contribution is -2.56. The van der Waals surface area contributed by atoms with Gasteiger partial charge < -0.3 is 35.8 Å². The standard InChI is InChI=1S/C34H48N4O8/c1-21(2)38(30(42)25(17-18-27(35)40)37-32(44)46-34(6,7)8)28(23-15-12-16-24(39)20-23)29(41)36-26(31(43)45-33(3,4)5)19-22-13-10-9-11-14-22/h9-16,20-21,25-26,28,39H,17-19H2,1-8H3,(H2,35,40)(H,36,41)(H,37,44). The Kier molecular flexibility index (Phi) is 13.2. The summed E-state index contributed by atoms with van der Waals surface area (Å²) >= 11 is 0. The van der Waals surface area contributed by atoms with Crippen LogP contribution in [0.3, 0.4) is 0 Å². The molecular weight excluding hydrogens is 592 g/mol. The van der Waals surface area contributed by atoms with Gasteiger partial charge in [-0.1, -0.05) is 42.5 Å². The first-order chi connectivity index (χ1) is 21.3. The minimum absolute atomic E-state index is 0.102. The number of rotatable bonds is 13. The van der Waals surface area contributed by atoms with E-state index in [-0.39, 0.29) is 30.6 Å². The molecule has 2 aromatic rings. The largest absolute Gasteiger partial charge is 0.508 e. The van der Waals surface area contributed by atoms with Crippen molar-refractivity contribution in [2.24, 2.45) is 5.73 Å². The van der Waals surface area contributed by atoms with Crippen LogP contribution in [-0.2, 0) is 35.1 Å². The molecule has 0 aliphatic heterocycles. The number of amides is 4. The molecule has 0 saturated heterocycles. The molecule has 252 valence electrons. The predicted octanol–water partition coefficient (Wildman–Crippen LogP) is 3.90. The monoisotopic (exact) mass is 640 g/mol. The molecule has 0 heterocycles. The third-order valence-electron chi connectivity index (χ3n) is 6.48. The zero-order chi connectivity index (χ0) is 34.8. The van der Waals surface area contributed by atoms with Crippen molar-refractivity contribution in [2.75, 3.05) is 0 Å². The highest BCUT2D eigenvalue weighted by Crippen LogP contribution is 2.28. The zero-order valence-corrected chi connectivity index (χ0v) is 28.0. The van der Waals surface area contributed by atoms with Crippen molar-refractivity contribution in [3.8, 4) is 5.75 Å². The molecule has 12 nitrogen and oxygen atoms in total. The Morgan fingerprint density at radius 3 is 1.98 bits per heavy atom. The number of hydrogen-bond donors (Lipinski definition) is 4. The maximum Gasteiger partial charge on any atom is 0.408 e. The van der Waals surface area contributed by atoms with E-state index in [1.54, 1.807) is 61.5 Å². The number of carbonyl (C=O) groups is 5. The van der Waals surface area contributed by atoms with Crippen molar-refractivity contribution in [1.82, 2.24) is 15.5 Å². The smallest absolute Gasteiger partial charge is 0.408 e. The Morgan fingerprint density at radius 1 is 0.848 bits per heavy atom. The topological polar surface area (TPSA) is 177 Å². The van der Waals surface area contributed by atoms with Crippen LogP contribution in [-0.4, -0.2) is 69.1 Å². The Balaban J connectivity index is 2.60. The molecule has 46 heavy (non-hydrogen) atoms. The van der Waals surface area contributed by atoms with Crippen molar-refractivity contribution < 1.29 is 38.6 Å². The van der Waals surface area contributed by atoms with E-state index in [0.29, 0.717) is 0 Å². The SMILES string of the molecule is CC(C)N(C(=O)C(CCC(N)=O)NC(=O)OC(C)(C)C)C(C(=O)NC(Cc1ccccc1)C(=O)OC(C)(C)C)c1cccc(O)c1. The first kappa shape index (κ1) is 37.6. The number of ether oxygens (including phenoxy) is 2. The number of esters is 1. The summed E-state index contributed by atoms with van der Waals surface area (Å²) in [6.07, 6.45) is -1.20. The van der Waals surface area contributed by atoms with E-state index in [0.717, 1.165) is 5.56 Å². The first-order valence-corrected chi connectivity index (χ1v) is 15.2. The van der Waals surface area contributed by atoms with Crippen LogP contribution in [0, 0.1) is 0 Å². The average Bonchev–Trinajstić information content (AvgIpc) is 2.91. The van der Waals surface area contributed by atoms with Crippen molar-refractivity contribution in [1.29, 1.82) is 0 Å². The first-order valence-electron chi connectivity index (χ1n) is 15.2. The number of phenolic OH excluding ortho intramolecular Hbond substituents is 1. The van der Waals surface area contributed by atoms with Gasteiger partial charge in [0, 0.05) is 18.9 Å². The van der Waals surface area contributed by atoms with E-state index in [4.69, 9.17) is 15.2 Å². The Bertz CT molecular complexity index is 1370. The van der Waals surface area contributed by atoms with Crippen LogP contribution in [0.15, 0.2) is 54.6 Å². The van der Waals surface area contributed by atoms with Gasteiger partial charge in [-0.2, -0.15) is 0 Å². The number of aromatic hydroxyl groups is 1. The zero-order valence-electron chi connectivity index (χ0n) is 28.0. The highest BCUT2D eigenvalue weighted by molar-refractivity contribution is 5.94. The second kappa shape index (κ2) is 16.1. The van der Waals surface area contributed by atoms with Crippen LogP contribution in [0.5, 0.6) is 5.75 Å². The molecule has 2 rings (SSSR count). The summed E-state index contributed by atoms with van der Waals surface area (Å²) in [5.41, 5.74) is 4.66. The Labute approximate surface area is 271 Å². The fraction of sp³-hybridized carbons (Fsp3) is 0.500.